The van der Waals surface area contributed by atoms with Crippen LogP contribution in [-0.2, 0) is 11.3 Å². The number of aryl methyl sites for hydroxylation is 2. The Morgan fingerprint density at radius 3 is 2.64 bits per heavy atom. The van der Waals surface area contributed by atoms with E-state index in [0.717, 1.165) is 43.9 Å². The number of nitrogens with zero attached hydrogens (tertiary/aromatic N) is 3. The van der Waals surface area contributed by atoms with E-state index in [9.17, 15) is 4.79 Å². The van der Waals surface area contributed by atoms with Gasteiger partial charge in [0.1, 0.15) is 5.76 Å². The molecule has 0 bridgehead atoms. The summed E-state index contributed by atoms with van der Waals surface area (Å²) in [6, 6.07) is 4.09. The van der Waals surface area contributed by atoms with Gasteiger partial charge in [-0.1, -0.05) is 5.16 Å². The van der Waals surface area contributed by atoms with Crippen molar-refractivity contribution >= 4 is 5.91 Å². The summed E-state index contributed by atoms with van der Waals surface area (Å²) in [6.07, 6.45) is 6.15. The second-order valence-electron chi connectivity index (χ2n) is 7.32. The van der Waals surface area contributed by atoms with Crippen molar-refractivity contribution in [2.75, 3.05) is 13.1 Å². The molecule has 4 rings (SSSR count). The lowest BCUT2D eigenvalue weighted by Gasteiger charge is -2.43. The minimum Gasteiger partial charge on any atom is -0.361 e. The largest absolute Gasteiger partial charge is 0.361 e. The standard InChI is InChI=1S/C19H24N4O2/c1-13-16(14(2)25-22-13)12-23-9-5-19(6-10-23)17(11-18(24)21-19)15-3-7-20-8-4-15/h3-4,7-8,17H,5-6,9-12H2,1-2H3,(H,21,24)/t17-/m0/s1. The summed E-state index contributed by atoms with van der Waals surface area (Å²) in [4.78, 5) is 18.7. The topological polar surface area (TPSA) is 71.3 Å². The van der Waals surface area contributed by atoms with Crippen LogP contribution in [0.3, 0.4) is 0 Å². The smallest absolute Gasteiger partial charge is 0.221 e. The fraction of sp³-hybridized carbons (Fsp3) is 0.526. The summed E-state index contributed by atoms with van der Waals surface area (Å²) in [5.74, 6) is 1.31. The number of amides is 1. The molecule has 2 aromatic rings. The molecule has 1 atom stereocenters. The molecule has 132 valence electrons. The zero-order valence-corrected chi connectivity index (χ0v) is 14.8. The van der Waals surface area contributed by atoms with Crippen LogP contribution in [-0.4, -0.2) is 39.6 Å². The van der Waals surface area contributed by atoms with E-state index in [0.29, 0.717) is 6.42 Å². The Bertz CT molecular complexity index is 743. The Balaban J connectivity index is 1.49. The van der Waals surface area contributed by atoms with Crippen molar-refractivity contribution in [1.82, 2.24) is 20.4 Å². The maximum absolute atomic E-state index is 12.2. The summed E-state index contributed by atoms with van der Waals surface area (Å²) in [6.45, 7) is 6.76. The Hall–Kier alpha value is -2.21. The molecule has 2 fully saturated rings. The predicted octanol–water partition coefficient (Wildman–Crippen LogP) is 2.32. The van der Waals surface area contributed by atoms with E-state index in [1.54, 1.807) is 0 Å². The molecule has 25 heavy (non-hydrogen) atoms. The number of hydrogen-bond donors (Lipinski definition) is 1. The number of nitrogens with one attached hydrogen (secondary N) is 1. The molecule has 2 saturated heterocycles. The molecule has 2 aliphatic rings. The Labute approximate surface area is 147 Å². The number of piperidine rings is 1. The van der Waals surface area contributed by atoms with Crippen molar-refractivity contribution in [3.8, 4) is 0 Å². The first kappa shape index (κ1) is 16.3. The predicted molar refractivity (Wildman–Crippen MR) is 93.0 cm³/mol. The maximum atomic E-state index is 12.2. The second kappa shape index (κ2) is 6.26. The van der Waals surface area contributed by atoms with Gasteiger partial charge in [-0.2, -0.15) is 0 Å². The van der Waals surface area contributed by atoms with E-state index < -0.39 is 0 Å². The first-order chi connectivity index (χ1) is 12.1. The Morgan fingerprint density at radius 2 is 2.00 bits per heavy atom. The van der Waals surface area contributed by atoms with E-state index in [4.69, 9.17) is 4.52 Å². The number of hydrogen-bond acceptors (Lipinski definition) is 5. The van der Waals surface area contributed by atoms with Crippen molar-refractivity contribution in [3.63, 3.8) is 0 Å². The molecule has 2 aliphatic heterocycles. The van der Waals surface area contributed by atoms with Crippen LogP contribution < -0.4 is 5.32 Å². The lowest BCUT2D eigenvalue weighted by Crippen LogP contribution is -2.53. The third-order valence-electron chi connectivity index (χ3n) is 5.86. The normalized spacial score (nSPS) is 23.1. The van der Waals surface area contributed by atoms with Crippen LogP contribution in [0, 0.1) is 13.8 Å². The number of rotatable bonds is 3. The SMILES string of the molecule is Cc1noc(C)c1CN1CCC2(CC1)NC(=O)C[C@H]2c1ccncc1. The van der Waals surface area contributed by atoms with Gasteiger partial charge in [0.15, 0.2) is 0 Å². The molecule has 4 heterocycles. The molecule has 0 aromatic carbocycles. The van der Waals surface area contributed by atoms with E-state index >= 15 is 0 Å². The van der Waals surface area contributed by atoms with Crippen LogP contribution in [0.25, 0.3) is 0 Å². The maximum Gasteiger partial charge on any atom is 0.221 e. The molecule has 0 aliphatic carbocycles. The van der Waals surface area contributed by atoms with Crippen LogP contribution in [0.5, 0.6) is 0 Å². The Kier molecular flexibility index (Phi) is 4.07. The lowest BCUT2D eigenvalue weighted by molar-refractivity contribution is -0.120. The lowest BCUT2D eigenvalue weighted by atomic mass is 9.74. The third-order valence-corrected chi connectivity index (χ3v) is 5.86. The van der Waals surface area contributed by atoms with Gasteiger partial charge in [-0.3, -0.25) is 14.7 Å². The van der Waals surface area contributed by atoms with Gasteiger partial charge in [-0.15, -0.1) is 0 Å². The number of carbonyl (C=O) groups is 1. The van der Waals surface area contributed by atoms with Crippen molar-refractivity contribution in [2.45, 2.75) is 51.1 Å². The van der Waals surface area contributed by atoms with Crippen molar-refractivity contribution in [2.24, 2.45) is 0 Å². The van der Waals surface area contributed by atoms with E-state index in [1.165, 1.54) is 11.1 Å². The van der Waals surface area contributed by atoms with Crippen LogP contribution in [0.15, 0.2) is 29.0 Å². The third kappa shape index (κ3) is 2.95. The Morgan fingerprint density at radius 1 is 1.28 bits per heavy atom. The van der Waals surface area contributed by atoms with Gasteiger partial charge in [-0.25, -0.2) is 0 Å². The molecule has 0 unspecified atom stereocenters. The number of pyridine rings is 1. The van der Waals surface area contributed by atoms with Gasteiger partial charge in [0.2, 0.25) is 5.91 Å². The van der Waals surface area contributed by atoms with Crippen LogP contribution in [0.4, 0.5) is 0 Å². The highest BCUT2D eigenvalue weighted by molar-refractivity contribution is 5.81. The van der Waals surface area contributed by atoms with E-state index in [2.05, 4.69) is 20.4 Å². The molecule has 2 aromatic heterocycles. The molecule has 6 heteroatoms. The van der Waals surface area contributed by atoms with Gasteiger partial charge in [-0.05, 0) is 44.4 Å². The average molecular weight is 340 g/mol. The molecule has 1 amide bonds. The summed E-state index contributed by atoms with van der Waals surface area (Å²) >= 11 is 0. The minimum atomic E-state index is -0.117. The van der Waals surface area contributed by atoms with Gasteiger partial charge in [0.25, 0.3) is 0 Å². The van der Waals surface area contributed by atoms with Crippen LogP contribution in [0.1, 0.15) is 47.8 Å². The van der Waals surface area contributed by atoms with Crippen molar-refractivity contribution in [3.05, 3.63) is 47.1 Å². The minimum absolute atomic E-state index is 0.117. The van der Waals surface area contributed by atoms with E-state index in [-0.39, 0.29) is 17.4 Å². The zero-order valence-electron chi connectivity index (χ0n) is 14.8. The molecule has 1 spiro atoms. The first-order valence-electron chi connectivity index (χ1n) is 8.92. The number of likely N-dealkylation sites (tertiary alicyclic amines) is 1. The molecule has 0 radical (unpaired) electrons. The quantitative estimate of drug-likeness (QED) is 0.928. The molecule has 6 nitrogen and oxygen atoms in total. The fourth-order valence-corrected chi connectivity index (χ4v) is 4.36. The van der Waals surface area contributed by atoms with E-state index in [1.807, 2.05) is 38.4 Å². The molecular formula is C19H24N4O2. The summed E-state index contributed by atoms with van der Waals surface area (Å²) < 4.78 is 5.28. The highest BCUT2D eigenvalue weighted by Crippen LogP contribution is 2.43. The second-order valence-corrected chi connectivity index (χ2v) is 7.32. The molecule has 1 N–H and O–H groups in total. The summed E-state index contributed by atoms with van der Waals surface area (Å²) in [5.41, 5.74) is 3.26. The fourth-order valence-electron chi connectivity index (χ4n) is 4.36. The summed E-state index contributed by atoms with van der Waals surface area (Å²) in [7, 11) is 0. The number of aromatic nitrogens is 2. The van der Waals surface area contributed by atoms with Gasteiger partial charge in [0, 0.05) is 55.5 Å². The average Bonchev–Trinajstić information content (AvgIpc) is 3.11. The van der Waals surface area contributed by atoms with Crippen LogP contribution in [0.2, 0.25) is 0 Å². The number of carbonyl (C=O) groups excluding carboxylic acids is 1. The monoisotopic (exact) mass is 340 g/mol. The molecular weight excluding hydrogens is 316 g/mol. The zero-order chi connectivity index (χ0) is 17.4. The van der Waals surface area contributed by atoms with Gasteiger partial charge < -0.3 is 9.84 Å². The van der Waals surface area contributed by atoms with Crippen molar-refractivity contribution in [1.29, 1.82) is 0 Å². The highest BCUT2D eigenvalue weighted by atomic mass is 16.5. The highest BCUT2D eigenvalue weighted by Gasteiger charge is 2.48. The van der Waals surface area contributed by atoms with Crippen LogP contribution >= 0.6 is 0 Å². The van der Waals surface area contributed by atoms with Crippen molar-refractivity contribution < 1.29 is 9.32 Å². The molecule has 0 saturated carbocycles. The van der Waals surface area contributed by atoms with Gasteiger partial charge >= 0.3 is 0 Å². The first-order valence-corrected chi connectivity index (χ1v) is 8.92. The van der Waals surface area contributed by atoms with Gasteiger partial charge in [0.05, 0.1) is 5.69 Å². The summed E-state index contributed by atoms with van der Waals surface area (Å²) in [5, 5.41) is 7.35.